The first-order valence-electron chi connectivity index (χ1n) is 8.27. The van der Waals surface area contributed by atoms with Crippen molar-refractivity contribution in [3.8, 4) is 11.3 Å². The molecule has 0 saturated carbocycles. The van der Waals surface area contributed by atoms with Gasteiger partial charge in [-0.05, 0) is 6.07 Å². The lowest BCUT2D eigenvalue weighted by Crippen LogP contribution is -2.16. The van der Waals surface area contributed by atoms with Crippen molar-refractivity contribution < 1.29 is 0 Å². The quantitative estimate of drug-likeness (QED) is 0.756. The molecule has 3 aromatic rings. The number of aromatic amines is 1. The molecule has 5 nitrogen and oxygen atoms in total. The Kier molecular flexibility index (Phi) is 4.53. The summed E-state index contributed by atoms with van der Waals surface area (Å²) in [5, 5.41) is 8.03. The molecule has 0 aliphatic heterocycles. The molecule has 0 spiro atoms. The standard InChI is InChI=1S/C19H25N5/c1-19(2,3)17-12-21-18(22-17)13-20-11-15-10-16(23-24(15)4)14-8-6-5-7-9-14/h5-10,12,20H,11,13H2,1-4H3,(H,21,22). The molecular formula is C19H25N5. The molecule has 3 rings (SSSR count). The molecule has 0 fully saturated rings. The van der Waals surface area contributed by atoms with Crippen molar-refractivity contribution in [2.24, 2.45) is 7.05 Å². The van der Waals surface area contributed by atoms with Gasteiger partial charge in [-0.2, -0.15) is 5.10 Å². The molecule has 0 aliphatic rings. The Labute approximate surface area is 143 Å². The van der Waals surface area contributed by atoms with E-state index >= 15 is 0 Å². The first-order chi connectivity index (χ1) is 11.4. The lowest BCUT2D eigenvalue weighted by Gasteiger charge is -2.15. The molecule has 0 radical (unpaired) electrons. The van der Waals surface area contributed by atoms with E-state index in [2.05, 4.69) is 59.4 Å². The van der Waals surface area contributed by atoms with Crippen molar-refractivity contribution >= 4 is 0 Å². The summed E-state index contributed by atoms with van der Waals surface area (Å²) in [5.74, 6) is 0.963. The fourth-order valence-corrected chi connectivity index (χ4v) is 2.56. The van der Waals surface area contributed by atoms with Crippen LogP contribution in [0.5, 0.6) is 0 Å². The van der Waals surface area contributed by atoms with Crippen LogP contribution in [-0.4, -0.2) is 19.7 Å². The zero-order chi connectivity index (χ0) is 17.2. The zero-order valence-electron chi connectivity index (χ0n) is 14.8. The van der Waals surface area contributed by atoms with E-state index in [1.165, 1.54) is 0 Å². The van der Waals surface area contributed by atoms with Gasteiger partial charge in [-0.15, -0.1) is 0 Å². The Morgan fingerprint density at radius 2 is 1.88 bits per heavy atom. The molecule has 24 heavy (non-hydrogen) atoms. The molecular weight excluding hydrogens is 298 g/mol. The van der Waals surface area contributed by atoms with Gasteiger partial charge >= 0.3 is 0 Å². The van der Waals surface area contributed by atoms with E-state index in [0.717, 1.165) is 35.0 Å². The van der Waals surface area contributed by atoms with Gasteiger partial charge < -0.3 is 10.3 Å². The van der Waals surface area contributed by atoms with E-state index in [4.69, 9.17) is 0 Å². The van der Waals surface area contributed by atoms with Gasteiger partial charge in [0.05, 0.1) is 17.9 Å². The van der Waals surface area contributed by atoms with E-state index in [1.54, 1.807) is 0 Å². The van der Waals surface area contributed by atoms with Gasteiger partial charge in [-0.3, -0.25) is 4.68 Å². The number of benzene rings is 1. The van der Waals surface area contributed by atoms with Crippen LogP contribution in [0.2, 0.25) is 0 Å². The number of nitrogens with zero attached hydrogens (tertiary/aromatic N) is 3. The summed E-state index contributed by atoms with van der Waals surface area (Å²) in [4.78, 5) is 7.84. The number of aryl methyl sites for hydroxylation is 1. The van der Waals surface area contributed by atoms with Gasteiger partial charge in [0.15, 0.2) is 0 Å². The largest absolute Gasteiger partial charge is 0.344 e. The summed E-state index contributed by atoms with van der Waals surface area (Å²) in [6.45, 7) is 8.00. The maximum absolute atomic E-state index is 4.60. The second-order valence-electron chi connectivity index (χ2n) is 7.11. The average Bonchev–Trinajstić information content (AvgIpc) is 3.16. The first kappa shape index (κ1) is 16.5. The van der Waals surface area contributed by atoms with Gasteiger partial charge in [-0.1, -0.05) is 51.1 Å². The molecule has 0 saturated heterocycles. The van der Waals surface area contributed by atoms with Gasteiger partial charge in [0.2, 0.25) is 0 Å². The minimum atomic E-state index is 0.0951. The van der Waals surface area contributed by atoms with Crippen LogP contribution in [0.1, 0.15) is 38.0 Å². The third-order valence-electron chi connectivity index (χ3n) is 4.08. The lowest BCUT2D eigenvalue weighted by atomic mass is 9.93. The van der Waals surface area contributed by atoms with Crippen molar-refractivity contribution in [2.75, 3.05) is 0 Å². The number of H-pyrrole nitrogens is 1. The summed E-state index contributed by atoms with van der Waals surface area (Å²) >= 11 is 0. The van der Waals surface area contributed by atoms with Crippen LogP contribution in [0, 0.1) is 0 Å². The normalized spacial score (nSPS) is 11.8. The Balaban J connectivity index is 1.61. The van der Waals surface area contributed by atoms with Crippen LogP contribution in [0.3, 0.4) is 0 Å². The minimum Gasteiger partial charge on any atom is -0.344 e. The molecule has 2 heterocycles. The maximum Gasteiger partial charge on any atom is 0.120 e. The molecule has 0 atom stereocenters. The molecule has 0 amide bonds. The molecule has 126 valence electrons. The highest BCUT2D eigenvalue weighted by Crippen LogP contribution is 2.20. The van der Waals surface area contributed by atoms with Gasteiger partial charge in [-0.25, -0.2) is 4.98 Å². The van der Waals surface area contributed by atoms with Crippen molar-refractivity contribution in [2.45, 2.75) is 39.3 Å². The molecule has 0 unspecified atom stereocenters. The molecule has 1 aromatic carbocycles. The van der Waals surface area contributed by atoms with Crippen molar-refractivity contribution in [3.63, 3.8) is 0 Å². The summed E-state index contributed by atoms with van der Waals surface area (Å²) in [6.07, 6.45) is 1.93. The number of hydrogen-bond donors (Lipinski definition) is 2. The van der Waals surface area contributed by atoms with Gasteiger partial charge in [0.25, 0.3) is 0 Å². The highest BCUT2D eigenvalue weighted by Gasteiger charge is 2.16. The highest BCUT2D eigenvalue weighted by atomic mass is 15.3. The van der Waals surface area contributed by atoms with Crippen LogP contribution in [-0.2, 0) is 25.6 Å². The number of nitrogens with one attached hydrogen (secondary N) is 2. The summed E-state index contributed by atoms with van der Waals surface area (Å²) in [7, 11) is 1.98. The third kappa shape index (κ3) is 3.74. The molecule has 2 aromatic heterocycles. The number of hydrogen-bond acceptors (Lipinski definition) is 3. The predicted octanol–water partition coefficient (Wildman–Crippen LogP) is 3.40. The van der Waals surface area contributed by atoms with Crippen LogP contribution >= 0.6 is 0 Å². The van der Waals surface area contributed by atoms with Crippen LogP contribution in [0.4, 0.5) is 0 Å². The van der Waals surface area contributed by atoms with E-state index in [0.29, 0.717) is 6.54 Å². The zero-order valence-corrected chi connectivity index (χ0v) is 14.8. The van der Waals surface area contributed by atoms with Crippen molar-refractivity contribution in [1.82, 2.24) is 25.1 Å². The fourth-order valence-electron chi connectivity index (χ4n) is 2.56. The number of imidazole rings is 1. The van der Waals surface area contributed by atoms with Crippen molar-refractivity contribution in [3.05, 3.63) is 59.8 Å². The summed E-state index contributed by atoms with van der Waals surface area (Å²) < 4.78 is 1.93. The summed E-state index contributed by atoms with van der Waals surface area (Å²) in [5.41, 5.74) is 4.54. The number of aromatic nitrogens is 4. The first-order valence-corrected chi connectivity index (χ1v) is 8.27. The second-order valence-corrected chi connectivity index (χ2v) is 7.11. The van der Waals surface area contributed by atoms with E-state index in [9.17, 15) is 0 Å². The molecule has 2 N–H and O–H groups in total. The monoisotopic (exact) mass is 323 g/mol. The van der Waals surface area contributed by atoms with Gasteiger partial charge in [0, 0.05) is 36.5 Å². The Morgan fingerprint density at radius 3 is 2.54 bits per heavy atom. The minimum absolute atomic E-state index is 0.0951. The molecule has 0 aliphatic carbocycles. The third-order valence-corrected chi connectivity index (χ3v) is 4.08. The second kappa shape index (κ2) is 6.61. The predicted molar refractivity (Wildman–Crippen MR) is 96.5 cm³/mol. The van der Waals surface area contributed by atoms with E-state index in [-0.39, 0.29) is 5.41 Å². The van der Waals surface area contributed by atoms with Crippen LogP contribution < -0.4 is 5.32 Å². The molecule has 5 heteroatoms. The SMILES string of the molecule is Cn1nc(-c2ccccc2)cc1CNCc1ncc(C(C)(C)C)[nH]1. The highest BCUT2D eigenvalue weighted by molar-refractivity contribution is 5.59. The van der Waals surface area contributed by atoms with Crippen LogP contribution in [0.25, 0.3) is 11.3 Å². The smallest absolute Gasteiger partial charge is 0.120 e. The average molecular weight is 323 g/mol. The maximum atomic E-state index is 4.60. The Morgan fingerprint density at radius 1 is 1.12 bits per heavy atom. The van der Waals surface area contributed by atoms with Gasteiger partial charge in [0.1, 0.15) is 5.82 Å². The fraction of sp³-hybridized carbons (Fsp3) is 0.368. The Hall–Kier alpha value is -2.40. The number of rotatable bonds is 5. The topological polar surface area (TPSA) is 58.5 Å². The van der Waals surface area contributed by atoms with Crippen molar-refractivity contribution in [1.29, 1.82) is 0 Å². The van der Waals surface area contributed by atoms with E-state index < -0.39 is 0 Å². The summed E-state index contributed by atoms with van der Waals surface area (Å²) in [6, 6.07) is 12.4. The lowest BCUT2D eigenvalue weighted by molar-refractivity contribution is 0.566. The van der Waals surface area contributed by atoms with E-state index in [1.807, 2.05) is 36.1 Å². The van der Waals surface area contributed by atoms with Crippen LogP contribution in [0.15, 0.2) is 42.6 Å². The Bertz CT molecular complexity index is 793. The molecule has 0 bridgehead atoms.